The van der Waals surface area contributed by atoms with Crippen molar-refractivity contribution in [2.24, 2.45) is 0 Å². The van der Waals surface area contributed by atoms with Crippen LogP contribution in [0.15, 0.2) is 18.3 Å². The first kappa shape index (κ1) is 16.4. The number of ether oxygens (including phenoxy) is 1. The number of carbonyl (C=O) groups excluding carboxylic acids is 1. The fourth-order valence-electron chi connectivity index (χ4n) is 1.57. The molecule has 20 heavy (non-hydrogen) atoms. The highest BCUT2D eigenvalue weighted by atomic mass is 16.5. The summed E-state index contributed by atoms with van der Waals surface area (Å²) in [6, 6.07) is 3.62. The summed E-state index contributed by atoms with van der Waals surface area (Å²) in [5.41, 5.74) is 0.905. The first-order valence-electron chi connectivity index (χ1n) is 7.07. The number of rotatable bonds is 8. The van der Waals surface area contributed by atoms with Gasteiger partial charge < -0.3 is 10.1 Å². The smallest absolute Gasteiger partial charge is 0.237 e. The maximum atomic E-state index is 11.9. The topological polar surface area (TPSA) is 54.5 Å². The van der Waals surface area contributed by atoms with E-state index in [0.717, 1.165) is 18.4 Å². The molecule has 0 fully saturated rings. The van der Waals surface area contributed by atoms with Gasteiger partial charge in [0.25, 0.3) is 0 Å². The Balaban J connectivity index is 2.56. The summed E-state index contributed by atoms with van der Waals surface area (Å²) >= 11 is 0. The van der Waals surface area contributed by atoms with Crippen LogP contribution in [0.25, 0.3) is 0 Å². The van der Waals surface area contributed by atoms with Crippen molar-refractivity contribution in [2.75, 3.05) is 20.7 Å². The molecular formula is C15H25N3O2. The van der Waals surface area contributed by atoms with Gasteiger partial charge in [0, 0.05) is 18.3 Å². The summed E-state index contributed by atoms with van der Waals surface area (Å²) in [5, 5.41) is 2.91. The lowest BCUT2D eigenvalue weighted by atomic mass is 10.2. The van der Waals surface area contributed by atoms with Crippen LogP contribution in [-0.2, 0) is 11.3 Å². The van der Waals surface area contributed by atoms with E-state index in [1.165, 1.54) is 0 Å². The molecule has 5 nitrogen and oxygen atoms in total. The van der Waals surface area contributed by atoms with Crippen molar-refractivity contribution < 1.29 is 9.53 Å². The zero-order valence-electron chi connectivity index (χ0n) is 12.8. The largest absolute Gasteiger partial charge is 0.477 e. The summed E-state index contributed by atoms with van der Waals surface area (Å²) in [4.78, 5) is 18.0. The lowest BCUT2D eigenvalue weighted by Crippen LogP contribution is -2.41. The molecule has 0 aliphatic rings. The van der Waals surface area contributed by atoms with Crippen LogP contribution >= 0.6 is 0 Å². The second-order valence-electron chi connectivity index (χ2n) is 5.03. The molecule has 1 rings (SSSR count). The number of hydrogen-bond acceptors (Lipinski definition) is 4. The molecule has 5 heteroatoms. The highest BCUT2D eigenvalue weighted by molar-refractivity contribution is 5.81. The Morgan fingerprint density at radius 1 is 1.50 bits per heavy atom. The number of carbonyl (C=O) groups is 1. The van der Waals surface area contributed by atoms with E-state index in [2.05, 4.69) is 17.2 Å². The number of pyridine rings is 1. The van der Waals surface area contributed by atoms with Gasteiger partial charge in [-0.1, -0.05) is 19.4 Å². The summed E-state index contributed by atoms with van der Waals surface area (Å²) in [5.74, 6) is 0.608. The van der Waals surface area contributed by atoms with Gasteiger partial charge in [0.2, 0.25) is 11.8 Å². The number of unbranched alkanes of at least 4 members (excludes halogenated alkanes) is 1. The molecule has 0 saturated heterocycles. The quantitative estimate of drug-likeness (QED) is 0.738. The molecular weight excluding hydrogens is 254 g/mol. The van der Waals surface area contributed by atoms with Crippen molar-refractivity contribution in [3.63, 3.8) is 0 Å². The number of aromatic nitrogens is 1. The predicted molar refractivity (Wildman–Crippen MR) is 79.6 cm³/mol. The molecule has 1 amide bonds. The van der Waals surface area contributed by atoms with Gasteiger partial charge >= 0.3 is 0 Å². The fraction of sp³-hybridized carbons (Fsp3) is 0.600. The average Bonchev–Trinajstić information content (AvgIpc) is 2.45. The summed E-state index contributed by atoms with van der Waals surface area (Å²) < 4.78 is 5.64. The van der Waals surface area contributed by atoms with Gasteiger partial charge in [0.1, 0.15) is 0 Å². The van der Waals surface area contributed by atoms with Gasteiger partial charge in [-0.25, -0.2) is 4.98 Å². The van der Waals surface area contributed by atoms with Crippen molar-refractivity contribution in [2.45, 2.75) is 39.3 Å². The Labute approximate surface area is 121 Å². The number of nitrogens with zero attached hydrogens (tertiary/aromatic N) is 2. The standard InChI is InChI=1S/C15H25N3O2/c1-5-6-10-20-15-13(8-7-9-16-15)11-17-14(19)12(2)18(3)4/h7-9,12H,5-6,10-11H2,1-4H3,(H,17,19)/t12-/m1/s1. The highest BCUT2D eigenvalue weighted by Gasteiger charge is 2.15. The van der Waals surface area contributed by atoms with E-state index in [4.69, 9.17) is 4.74 Å². The first-order chi connectivity index (χ1) is 9.56. The van der Waals surface area contributed by atoms with Crippen molar-refractivity contribution >= 4 is 5.91 Å². The summed E-state index contributed by atoms with van der Waals surface area (Å²) in [6.07, 6.45) is 3.79. The zero-order valence-corrected chi connectivity index (χ0v) is 12.8. The number of nitrogens with one attached hydrogen (secondary N) is 1. The lowest BCUT2D eigenvalue weighted by molar-refractivity contribution is -0.125. The molecule has 0 saturated carbocycles. The van der Waals surface area contributed by atoms with E-state index >= 15 is 0 Å². The number of hydrogen-bond donors (Lipinski definition) is 1. The van der Waals surface area contributed by atoms with E-state index in [9.17, 15) is 4.79 Å². The van der Waals surface area contributed by atoms with Crippen LogP contribution in [0.2, 0.25) is 0 Å². The van der Waals surface area contributed by atoms with Crippen LogP contribution in [0.3, 0.4) is 0 Å². The molecule has 0 radical (unpaired) electrons. The molecule has 1 heterocycles. The minimum Gasteiger partial charge on any atom is -0.477 e. The van der Waals surface area contributed by atoms with Gasteiger partial charge in [0.05, 0.1) is 12.6 Å². The van der Waals surface area contributed by atoms with E-state index in [1.54, 1.807) is 6.20 Å². The Hall–Kier alpha value is -1.62. The molecule has 0 aliphatic carbocycles. The Morgan fingerprint density at radius 3 is 2.90 bits per heavy atom. The molecule has 1 aromatic heterocycles. The highest BCUT2D eigenvalue weighted by Crippen LogP contribution is 2.14. The van der Waals surface area contributed by atoms with Gasteiger partial charge in [0.15, 0.2) is 0 Å². The second kappa shape index (κ2) is 8.53. The normalized spacial score (nSPS) is 12.2. The average molecular weight is 279 g/mol. The Kier molecular flexibility index (Phi) is 7.01. The lowest BCUT2D eigenvalue weighted by Gasteiger charge is -2.19. The van der Waals surface area contributed by atoms with Crippen molar-refractivity contribution in [3.8, 4) is 5.88 Å². The third-order valence-electron chi connectivity index (χ3n) is 3.19. The SMILES string of the molecule is CCCCOc1ncccc1CNC(=O)[C@@H](C)N(C)C. The summed E-state index contributed by atoms with van der Waals surface area (Å²) in [6.45, 7) is 5.08. The molecule has 0 aromatic carbocycles. The van der Waals surface area contributed by atoms with Crippen molar-refractivity contribution in [3.05, 3.63) is 23.9 Å². The van der Waals surface area contributed by atoms with E-state index in [-0.39, 0.29) is 11.9 Å². The zero-order chi connectivity index (χ0) is 15.0. The van der Waals surface area contributed by atoms with E-state index in [1.807, 2.05) is 38.1 Å². The maximum Gasteiger partial charge on any atom is 0.237 e. The molecule has 1 aromatic rings. The van der Waals surface area contributed by atoms with Crippen LogP contribution in [0.5, 0.6) is 5.88 Å². The third kappa shape index (κ3) is 5.17. The van der Waals surface area contributed by atoms with E-state index in [0.29, 0.717) is 19.0 Å². The van der Waals surface area contributed by atoms with Gasteiger partial charge in [-0.3, -0.25) is 9.69 Å². The van der Waals surface area contributed by atoms with Gasteiger partial charge in [-0.2, -0.15) is 0 Å². The maximum absolute atomic E-state index is 11.9. The van der Waals surface area contributed by atoms with Crippen LogP contribution < -0.4 is 10.1 Å². The minimum atomic E-state index is -0.156. The monoisotopic (exact) mass is 279 g/mol. The Bertz CT molecular complexity index is 421. The molecule has 0 aliphatic heterocycles. The van der Waals surface area contributed by atoms with Crippen LogP contribution in [-0.4, -0.2) is 42.5 Å². The van der Waals surface area contributed by atoms with Crippen molar-refractivity contribution in [1.29, 1.82) is 0 Å². The van der Waals surface area contributed by atoms with Crippen LogP contribution in [0, 0.1) is 0 Å². The van der Waals surface area contributed by atoms with Gasteiger partial charge in [-0.05, 0) is 33.5 Å². The first-order valence-corrected chi connectivity index (χ1v) is 7.07. The molecule has 1 atom stereocenters. The van der Waals surface area contributed by atoms with Crippen molar-refractivity contribution in [1.82, 2.24) is 15.2 Å². The van der Waals surface area contributed by atoms with Gasteiger partial charge in [-0.15, -0.1) is 0 Å². The Morgan fingerprint density at radius 2 is 2.25 bits per heavy atom. The third-order valence-corrected chi connectivity index (χ3v) is 3.19. The van der Waals surface area contributed by atoms with Crippen LogP contribution in [0.4, 0.5) is 0 Å². The van der Waals surface area contributed by atoms with Crippen LogP contribution in [0.1, 0.15) is 32.3 Å². The number of amides is 1. The predicted octanol–water partition coefficient (Wildman–Crippen LogP) is 1.83. The second-order valence-corrected chi connectivity index (χ2v) is 5.03. The molecule has 0 bridgehead atoms. The molecule has 112 valence electrons. The minimum absolute atomic E-state index is 0.00152. The molecule has 0 spiro atoms. The number of likely N-dealkylation sites (N-methyl/N-ethyl adjacent to an activating group) is 1. The fourth-order valence-corrected chi connectivity index (χ4v) is 1.57. The van der Waals surface area contributed by atoms with E-state index < -0.39 is 0 Å². The summed E-state index contributed by atoms with van der Waals surface area (Å²) in [7, 11) is 3.77. The molecule has 0 unspecified atom stereocenters. The molecule has 1 N–H and O–H groups in total.